The fourth-order valence-corrected chi connectivity index (χ4v) is 1.95. The summed E-state index contributed by atoms with van der Waals surface area (Å²) in [4.78, 5) is 10.1. The van der Waals surface area contributed by atoms with Crippen molar-refractivity contribution in [2.45, 2.75) is 12.8 Å². The lowest BCUT2D eigenvalue weighted by Crippen LogP contribution is -1.96. The monoisotopic (exact) mass is 300 g/mol. The van der Waals surface area contributed by atoms with Gasteiger partial charge in [0, 0.05) is 11.9 Å². The average molecular weight is 301 g/mol. The van der Waals surface area contributed by atoms with Crippen LogP contribution in [-0.2, 0) is 6.42 Å². The maximum atomic E-state index is 10.7. The van der Waals surface area contributed by atoms with Crippen LogP contribution in [0.2, 0.25) is 5.02 Å². The molecule has 0 saturated heterocycles. The van der Waals surface area contributed by atoms with Crippen LogP contribution < -0.4 is 0 Å². The van der Waals surface area contributed by atoms with Gasteiger partial charge in [-0.05, 0) is 25.0 Å². The van der Waals surface area contributed by atoms with Gasteiger partial charge in [0.05, 0.1) is 22.5 Å². The lowest BCUT2D eigenvalue weighted by atomic mass is 10.2. The van der Waals surface area contributed by atoms with Crippen LogP contribution in [-0.4, -0.2) is 25.8 Å². The van der Waals surface area contributed by atoms with Crippen molar-refractivity contribution in [1.82, 2.24) is 15.0 Å². The number of aromatic nitrogens is 3. The van der Waals surface area contributed by atoms with E-state index in [9.17, 15) is 10.1 Å². The van der Waals surface area contributed by atoms with Crippen LogP contribution in [0.25, 0.3) is 5.69 Å². The molecule has 0 amide bonds. The molecule has 6 nitrogen and oxygen atoms in total. The Bertz CT molecular complexity index is 600. The Morgan fingerprint density at radius 1 is 1.42 bits per heavy atom. The van der Waals surface area contributed by atoms with Crippen LogP contribution in [0.1, 0.15) is 12.1 Å². The molecule has 1 aromatic carbocycles. The molecule has 2 aromatic rings. The van der Waals surface area contributed by atoms with Gasteiger partial charge in [0.25, 0.3) is 5.69 Å². The maximum absolute atomic E-state index is 10.7. The van der Waals surface area contributed by atoms with Crippen molar-refractivity contribution in [3.63, 3.8) is 0 Å². The molecule has 0 radical (unpaired) electrons. The smallest absolute Gasteiger partial charge is 0.258 e. The topological polar surface area (TPSA) is 73.8 Å². The summed E-state index contributed by atoms with van der Waals surface area (Å²) in [6.45, 7) is 0. The zero-order chi connectivity index (χ0) is 13.8. The van der Waals surface area contributed by atoms with Crippen LogP contribution in [0.5, 0.6) is 0 Å². The summed E-state index contributed by atoms with van der Waals surface area (Å²) in [5.41, 5.74) is 1.31. The highest BCUT2D eigenvalue weighted by Crippen LogP contribution is 2.26. The number of rotatable bonds is 5. The third kappa shape index (κ3) is 3.21. The Morgan fingerprint density at radius 3 is 2.84 bits per heavy atom. The summed E-state index contributed by atoms with van der Waals surface area (Å²) in [6.07, 6.45) is 3.32. The van der Waals surface area contributed by atoms with Gasteiger partial charge in [-0.25, -0.2) is 4.68 Å². The first-order chi connectivity index (χ1) is 9.11. The number of nitro groups is 1. The number of alkyl halides is 1. The Labute approximate surface area is 119 Å². The molecule has 19 heavy (non-hydrogen) atoms. The normalized spacial score (nSPS) is 10.6. The third-order valence-corrected chi connectivity index (χ3v) is 3.07. The number of aryl methyl sites for hydroxylation is 1. The number of hydrogen-bond acceptors (Lipinski definition) is 4. The van der Waals surface area contributed by atoms with E-state index in [1.165, 1.54) is 16.8 Å². The van der Waals surface area contributed by atoms with Gasteiger partial charge in [-0.2, -0.15) is 0 Å². The van der Waals surface area contributed by atoms with Crippen LogP contribution in [0, 0.1) is 10.1 Å². The molecule has 1 heterocycles. The van der Waals surface area contributed by atoms with Crippen LogP contribution in [0.3, 0.4) is 0 Å². The van der Waals surface area contributed by atoms with E-state index in [-0.39, 0.29) is 10.7 Å². The zero-order valence-electron chi connectivity index (χ0n) is 9.79. The van der Waals surface area contributed by atoms with Crippen LogP contribution in [0.4, 0.5) is 5.69 Å². The van der Waals surface area contributed by atoms with Crippen molar-refractivity contribution >= 4 is 28.9 Å². The van der Waals surface area contributed by atoms with Gasteiger partial charge >= 0.3 is 0 Å². The van der Waals surface area contributed by atoms with Crippen molar-refractivity contribution in [3.05, 3.63) is 45.2 Å². The lowest BCUT2D eigenvalue weighted by molar-refractivity contribution is -0.384. The highest BCUT2D eigenvalue weighted by molar-refractivity contribution is 6.32. The third-order valence-electron chi connectivity index (χ3n) is 2.50. The second-order valence-corrected chi connectivity index (χ2v) is 4.62. The van der Waals surface area contributed by atoms with Crippen LogP contribution >= 0.6 is 23.2 Å². The van der Waals surface area contributed by atoms with Gasteiger partial charge in [-0.3, -0.25) is 10.1 Å². The number of nitrogens with zero attached hydrogens (tertiary/aromatic N) is 4. The van der Waals surface area contributed by atoms with E-state index in [1.807, 2.05) is 0 Å². The van der Waals surface area contributed by atoms with Gasteiger partial charge in [-0.1, -0.05) is 16.8 Å². The Kier molecular flexibility index (Phi) is 4.34. The van der Waals surface area contributed by atoms with Crippen molar-refractivity contribution in [3.8, 4) is 5.69 Å². The molecule has 0 unspecified atom stereocenters. The van der Waals surface area contributed by atoms with Gasteiger partial charge in [0.15, 0.2) is 0 Å². The number of nitro benzene ring substituents is 1. The minimum Gasteiger partial charge on any atom is -0.258 e. The summed E-state index contributed by atoms with van der Waals surface area (Å²) < 4.78 is 1.53. The molecule has 0 spiro atoms. The first kappa shape index (κ1) is 13.8. The summed E-state index contributed by atoms with van der Waals surface area (Å²) >= 11 is 11.5. The number of benzene rings is 1. The van der Waals surface area contributed by atoms with Gasteiger partial charge in [-0.15, -0.1) is 16.7 Å². The van der Waals surface area contributed by atoms with Gasteiger partial charge in [0.2, 0.25) is 0 Å². The van der Waals surface area contributed by atoms with E-state index in [0.29, 0.717) is 11.6 Å². The first-order valence-corrected chi connectivity index (χ1v) is 6.44. The maximum Gasteiger partial charge on any atom is 0.288 e. The summed E-state index contributed by atoms with van der Waals surface area (Å²) in [6, 6.07) is 4.40. The molecule has 0 N–H and O–H groups in total. The molecular weight excluding hydrogens is 291 g/mol. The molecule has 2 rings (SSSR count). The molecule has 8 heteroatoms. The Balaban J connectivity index is 2.24. The largest absolute Gasteiger partial charge is 0.288 e. The van der Waals surface area contributed by atoms with Crippen molar-refractivity contribution < 1.29 is 4.92 Å². The molecule has 100 valence electrons. The first-order valence-electron chi connectivity index (χ1n) is 5.53. The predicted octanol–water partition coefficient (Wildman–Crippen LogP) is 3.00. The van der Waals surface area contributed by atoms with E-state index in [1.54, 1.807) is 12.3 Å². The second-order valence-electron chi connectivity index (χ2n) is 3.84. The molecular formula is C11H10Cl2N4O2. The van der Waals surface area contributed by atoms with Crippen molar-refractivity contribution in [1.29, 1.82) is 0 Å². The SMILES string of the molecule is O=[N+]([O-])c1ccc(-n2cc(CCCCl)nn2)cc1Cl. The van der Waals surface area contributed by atoms with Gasteiger partial charge < -0.3 is 0 Å². The molecule has 0 bridgehead atoms. The summed E-state index contributed by atoms with van der Waals surface area (Å²) in [5, 5.41) is 18.7. The van der Waals surface area contributed by atoms with E-state index in [2.05, 4.69) is 10.3 Å². The Hall–Kier alpha value is -1.66. The molecule has 0 atom stereocenters. The minimum atomic E-state index is -0.528. The standard InChI is InChI=1S/C11H10Cl2N4O2/c12-5-1-2-8-7-16(15-14-8)9-3-4-11(17(18)19)10(13)6-9/h3-4,6-7H,1-2,5H2. The molecule has 0 aliphatic heterocycles. The molecule has 0 aliphatic rings. The average Bonchev–Trinajstić information content (AvgIpc) is 2.84. The van der Waals surface area contributed by atoms with Crippen molar-refractivity contribution in [2.24, 2.45) is 0 Å². The van der Waals surface area contributed by atoms with Crippen molar-refractivity contribution in [2.75, 3.05) is 5.88 Å². The van der Waals surface area contributed by atoms with E-state index in [0.717, 1.165) is 18.5 Å². The van der Waals surface area contributed by atoms with E-state index in [4.69, 9.17) is 23.2 Å². The number of hydrogen-bond donors (Lipinski definition) is 0. The fourth-order valence-electron chi connectivity index (χ4n) is 1.57. The minimum absolute atomic E-state index is 0.0697. The van der Waals surface area contributed by atoms with Gasteiger partial charge in [0.1, 0.15) is 5.02 Å². The zero-order valence-corrected chi connectivity index (χ0v) is 11.3. The Morgan fingerprint density at radius 2 is 2.21 bits per heavy atom. The number of halogens is 2. The lowest BCUT2D eigenvalue weighted by Gasteiger charge is -2.01. The van der Waals surface area contributed by atoms with E-state index >= 15 is 0 Å². The molecule has 0 saturated carbocycles. The molecule has 1 aromatic heterocycles. The quantitative estimate of drug-likeness (QED) is 0.483. The highest BCUT2D eigenvalue weighted by Gasteiger charge is 2.13. The summed E-state index contributed by atoms with van der Waals surface area (Å²) in [7, 11) is 0. The van der Waals surface area contributed by atoms with Crippen LogP contribution in [0.15, 0.2) is 24.4 Å². The molecule has 0 aliphatic carbocycles. The molecule has 0 fully saturated rings. The predicted molar refractivity (Wildman–Crippen MR) is 72.1 cm³/mol. The fraction of sp³-hybridized carbons (Fsp3) is 0.273. The van der Waals surface area contributed by atoms with E-state index < -0.39 is 4.92 Å². The summed E-state index contributed by atoms with van der Waals surface area (Å²) in [5.74, 6) is 0.566. The highest BCUT2D eigenvalue weighted by atomic mass is 35.5. The second kappa shape index (κ2) is 5.99.